The van der Waals surface area contributed by atoms with Crippen LogP contribution in [-0.4, -0.2) is 7.05 Å². The Morgan fingerprint density at radius 2 is 0.909 bits per heavy atom. The van der Waals surface area contributed by atoms with Crippen molar-refractivity contribution in [2.24, 2.45) is 0 Å². The maximum Gasteiger partial charge on any atom is 0.0540 e. The van der Waals surface area contributed by atoms with Crippen LogP contribution in [0.15, 0.2) is 170 Å². The monoisotopic (exact) mass is 566 g/mol. The van der Waals surface area contributed by atoms with E-state index in [4.69, 9.17) is 0 Å². The molecule has 0 N–H and O–H groups in total. The number of anilines is 5. The minimum atomic E-state index is 1.12. The molecule has 0 saturated heterocycles. The fourth-order valence-corrected chi connectivity index (χ4v) is 5.88. The fraction of sp³-hybridized carbons (Fsp3) is 0.0476. The number of rotatable bonds is 7. The zero-order valence-corrected chi connectivity index (χ0v) is 25.1. The molecule has 0 unspecified atom stereocenters. The van der Waals surface area contributed by atoms with E-state index in [2.05, 4.69) is 194 Å². The molecule has 2 nitrogen and oxygen atoms in total. The summed E-state index contributed by atoms with van der Waals surface area (Å²) in [5, 5.41) is 2.44. The van der Waals surface area contributed by atoms with Crippen LogP contribution in [-0.2, 0) is 0 Å². The third kappa shape index (κ3) is 5.46. The normalized spacial score (nSPS) is 11.0. The van der Waals surface area contributed by atoms with Crippen LogP contribution in [0.4, 0.5) is 28.4 Å². The van der Waals surface area contributed by atoms with Crippen LogP contribution in [0.25, 0.3) is 33.0 Å². The van der Waals surface area contributed by atoms with Crippen molar-refractivity contribution in [3.05, 3.63) is 175 Å². The number of nitrogens with zero attached hydrogens (tertiary/aromatic N) is 2. The van der Waals surface area contributed by atoms with E-state index in [9.17, 15) is 0 Å². The SMILES string of the molecule is Cc1ccc(N(C)c2ccc(-c3ccc(N(c4cccc(-c5ccccc5)c4)c4cccc5ccccc45)cc3)cc2)cc1. The van der Waals surface area contributed by atoms with E-state index in [1.54, 1.807) is 0 Å². The quantitative estimate of drug-likeness (QED) is 0.189. The Hall–Kier alpha value is -5.60. The van der Waals surface area contributed by atoms with Crippen LogP contribution in [0.1, 0.15) is 5.56 Å². The second kappa shape index (κ2) is 11.9. The highest BCUT2D eigenvalue weighted by atomic mass is 15.1. The van der Waals surface area contributed by atoms with Gasteiger partial charge in [0.25, 0.3) is 0 Å². The summed E-state index contributed by atoms with van der Waals surface area (Å²) in [5.41, 5.74) is 11.8. The van der Waals surface area contributed by atoms with Gasteiger partial charge in [-0.15, -0.1) is 0 Å². The van der Waals surface area contributed by atoms with Gasteiger partial charge in [0, 0.05) is 35.2 Å². The van der Waals surface area contributed by atoms with Crippen LogP contribution in [0.2, 0.25) is 0 Å². The van der Waals surface area contributed by atoms with Gasteiger partial charge < -0.3 is 9.80 Å². The third-order valence-electron chi connectivity index (χ3n) is 8.35. The summed E-state index contributed by atoms with van der Waals surface area (Å²) in [5.74, 6) is 0. The van der Waals surface area contributed by atoms with Gasteiger partial charge in [-0.3, -0.25) is 0 Å². The van der Waals surface area contributed by atoms with Crippen molar-refractivity contribution in [3.63, 3.8) is 0 Å². The van der Waals surface area contributed by atoms with Crippen molar-refractivity contribution >= 4 is 39.2 Å². The predicted molar refractivity (Wildman–Crippen MR) is 189 cm³/mol. The maximum absolute atomic E-state index is 2.37. The molecular formula is C42H34N2. The first-order valence-electron chi connectivity index (χ1n) is 15.1. The maximum atomic E-state index is 2.37. The summed E-state index contributed by atoms with van der Waals surface area (Å²) in [6.07, 6.45) is 0. The van der Waals surface area contributed by atoms with Gasteiger partial charge in [-0.25, -0.2) is 0 Å². The number of fused-ring (bicyclic) bond motifs is 1. The van der Waals surface area contributed by atoms with Crippen molar-refractivity contribution in [1.82, 2.24) is 0 Å². The molecule has 0 fully saturated rings. The molecule has 0 amide bonds. The largest absolute Gasteiger partial charge is 0.345 e. The Morgan fingerprint density at radius 1 is 0.386 bits per heavy atom. The molecule has 0 radical (unpaired) electrons. The lowest BCUT2D eigenvalue weighted by atomic mass is 10.0. The van der Waals surface area contributed by atoms with Crippen LogP contribution < -0.4 is 9.80 Å². The molecule has 0 aliphatic carbocycles. The molecule has 0 aromatic heterocycles. The summed E-state index contributed by atoms with van der Waals surface area (Å²) >= 11 is 0. The van der Waals surface area contributed by atoms with E-state index in [0.29, 0.717) is 0 Å². The molecule has 7 rings (SSSR count). The Kier molecular flexibility index (Phi) is 7.40. The first kappa shape index (κ1) is 27.2. The van der Waals surface area contributed by atoms with Crippen LogP contribution in [0.5, 0.6) is 0 Å². The van der Waals surface area contributed by atoms with E-state index < -0.39 is 0 Å². The zero-order valence-electron chi connectivity index (χ0n) is 25.1. The van der Waals surface area contributed by atoms with Gasteiger partial charge >= 0.3 is 0 Å². The van der Waals surface area contributed by atoms with E-state index >= 15 is 0 Å². The molecule has 0 heterocycles. The highest BCUT2D eigenvalue weighted by Crippen LogP contribution is 2.40. The van der Waals surface area contributed by atoms with Gasteiger partial charge in [-0.2, -0.15) is 0 Å². The van der Waals surface area contributed by atoms with Gasteiger partial charge in [-0.05, 0) is 89.2 Å². The lowest BCUT2D eigenvalue weighted by Crippen LogP contribution is -2.10. The molecule has 0 spiro atoms. The molecule has 0 atom stereocenters. The second-order valence-corrected chi connectivity index (χ2v) is 11.2. The van der Waals surface area contributed by atoms with E-state index in [-0.39, 0.29) is 0 Å². The highest BCUT2D eigenvalue weighted by molar-refractivity contribution is 5.99. The Labute approximate surface area is 260 Å². The van der Waals surface area contributed by atoms with Gasteiger partial charge in [-0.1, -0.05) is 121 Å². The molecule has 2 heteroatoms. The first-order valence-corrected chi connectivity index (χ1v) is 15.1. The number of hydrogen-bond donors (Lipinski definition) is 0. The lowest BCUT2D eigenvalue weighted by molar-refractivity contribution is 1.20. The molecule has 0 bridgehead atoms. The van der Waals surface area contributed by atoms with Crippen LogP contribution in [0.3, 0.4) is 0 Å². The molecule has 44 heavy (non-hydrogen) atoms. The van der Waals surface area contributed by atoms with Crippen molar-refractivity contribution in [2.45, 2.75) is 6.92 Å². The predicted octanol–water partition coefficient (Wildman–Crippen LogP) is 11.7. The molecular weight excluding hydrogens is 532 g/mol. The molecule has 0 saturated carbocycles. The van der Waals surface area contributed by atoms with Gasteiger partial charge in [0.05, 0.1) is 5.69 Å². The topological polar surface area (TPSA) is 6.48 Å². The van der Waals surface area contributed by atoms with Crippen LogP contribution in [0, 0.1) is 6.92 Å². The van der Waals surface area contributed by atoms with Crippen molar-refractivity contribution in [1.29, 1.82) is 0 Å². The standard InChI is InChI=1S/C42H34N2/c1-31-18-24-37(25-19-31)43(2)38-26-20-33(21-27-38)34-22-28-39(29-23-34)44(42-17-9-13-35-12-6-7-16-41(35)42)40-15-8-14-36(30-40)32-10-4-3-5-11-32/h3-30H,1-2H3. The van der Waals surface area contributed by atoms with Gasteiger partial charge in [0.15, 0.2) is 0 Å². The third-order valence-corrected chi connectivity index (χ3v) is 8.35. The van der Waals surface area contributed by atoms with Crippen LogP contribution >= 0.6 is 0 Å². The average molecular weight is 567 g/mol. The molecule has 0 aliphatic rings. The number of benzene rings is 7. The minimum absolute atomic E-state index is 1.12. The first-order chi connectivity index (χ1) is 21.6. The Morgan fingerprint density at radius 3 is 1.61 bits per heavy atom. The Bertz CT molecular complexity index is 2000. The van der Waals surface area contributed by atoms with E-state index in [1.807, 2.05) is 0 Å². The Balaban J connectivity index is 1.25. The fourth-order valence-electron chi connectivity index (χ4n) is 5.88. The second-order valence-electron chi connectivity index (χ2n) is 11.2. The lowest BCUT2D eigenvalue weighted by Gasteiger charge is -2.27. The van der Waals surface area contributed by atoms with Crippen molar-refractivity contribution < 1.29 is 0 Å². The summed E-state index contributed by atoms with van der Waals surface area (Å²) in [4.78, 5) is 4.59. The molecule has 212 valence electrons. The molecule has 0 aliphatic heterocycles. The summed E-state index contributed by atoms with van der Waals surface area (Å²) in [6, 6.07) is 60.9. The number of aryl methyl sites for hydroxylation is 1. The van der Waals surface area contributed by atoms with Gasteiger partial charge in [0.2, 0.25) is 0 Å². The summed E-state index contributed by atoms with van der Waals surface area (Å²) in [6.45, 7) is 2.12. The van der Waals surface area contributed by atoms with Crippen molar-refractivity contribution in [3.8, 4) is 22.3 Å². The zero-order chi connectivity index (χ0) is 29.9. The molecule has 7 aromatic carbocycles. The minimum Gasteiger partial charge on any atom is -0.345 e. The van der Waals surface area contributed by atoms with E-state index in [0.717, 1.165) is 22.7 Å². The van der Waals surface area contributed by atoms with E-state index in [1.165, 1.54) is 44.3 Å². The number of hydrogen-bond acceptors (Lipinski definition) is 2. The van der Waals surface area contributed by atoms with Crippen molar-refractivity contribution in [2.75, 3.05) is 16.8 Å². The summed E-state index contributed by atoms with van der Waals surface area (Å²) in [7, 11) is 2.11. The van der Waals surface area contributed by atoms with Gasteiger partial charge in [0.1, 0.15) is 0 Å². The smallest absolute Gasteiger partial charge is 0.0540 e. The average Bonchev–Trinajstić information content (AvgIpc) is 3.09. The highest BCUT2D eigenvalue weighted by Gasteiger charge is 2.16. The summed E-state index contributed by atoms with van der Waals surface area (Å²) < 4.78 is 0. The molecule has 7 aromatic rings.